The Kier molecular flexibility index (Phi) is 3.33. The summed E-state index contributed by atoms with van der Waals surface area (Å²) >= 11 is 1.38. The second-order valence-electron chi connectivity index (χ2n) is 5.09. The third-order valence-corrected chi connectivity index (χ3v) is 5.04. The molecule has 2 amide bonds. The van der Waals surface area contributed by atoms with E-state index < -0.39 is 0 Å². The number of amides is 2. The molecule has 1 heterocycles. The molecule has 0 unspecified atom stereocenters. The molecule has 0 bridgehead atoms. The van der Waals surface area contributed by atoms with Gasteiger partial charge in [-0.25, -0.2) is 4.31 Å². The molecule has 0 aromatic heterocycles. The van der Waals surface area contributed by atoms with Crippen molar-refractivity contribution in [1.29, 1.82) is 0 Å². The number of fused-ring (bicyclic) bond motifs is 1. The maximum atomic E-state index is 12.2. The molecule has 1 aromatic rings. The molecule has 1 fully saturated rings. The average Bonchev–Trinajstić information content (AvgIpc) is 2.67. The minimum atomic E-state index is -0.180. The van der Waals surface area contributed by atoms with Gasteiger partial charge in [0.25, 0.3) is 11.8 Å². The van der Waals surface area contributed by atoms with E-state index in [4.69, 9.17) is 5.73 Å². The summed E-state index contributed by atoms with van der Waals surface area (Å²) in [6.45, 7) is 0. The highest BCUT2D eigenvalue weighted by Gasteiger charge is 2.37. The number of carbonyl (C=O) groups excluding carboxylic acids is 2. The third-order valence-electron chi connectivity index (χ3n) is 3.73. The summed E-state index contributed by atoms with van der Waals surface area (Å²) in [5, 5.41) is 0.321. The fourth-order valence-corrected chi connectivity index (χ4v) is 3.78. The molecule has 0 atom stereocenters. The molecular weight excluding hydrogens is 260 g/mol. The van der Waals surface area contributed by atoms with Gasteiger partial charge in [0.1, 0.15) is 0 Å². The van der Waals surface area contributed by atoms with Crippen LogP contribution in [0.15, 0.2) is 24.3 Å². The first kappa shape index (κ1) is 12.7. The molecule has 0 radical (unpaired) electrons. The van der Waals surface area contributed by atoms with Crippen molar-refractivity contribution in [1.82, 2.24) is 4.31 Å². The molecule has 5 heteroatoms. The van der Waals surface area contributed by atoms with Crippen molar-refractivity contribution in [2.45, 2.75) is 37.0 Å². The van der Waals surface area contributed by atoms with Crippen molar-refractivity contribution in [2.75, 3.05) is 0 Å². The van der Waals surface area contributed by atoms with Crippen molar-refractivity contribution >= 4 is 23.8 Å². The number of imide groups is 1. The first-order valence-electron chi connectivity index (χ1n) is 6.57. The normalized spacial score (nSPS) is 26.7. The Bertz CT molecular complexity index is 489. The van der Waals surface area contributed by atoms with Crippen molar-refractivity contribution in [3.8, 4) is 0 Å². The zero-order valence-electron chi connectivity index (χ0n) is 10.5. The lowest BCUT2D eigenvalue weighted by molar-refractivity contribution is 0.0776. The molecule has 3 rings (SSSR count). The molecule has 0 spiro atoms. The summed E-state index contributed by atoms with van der Waals surface area (Å²) in [5.41, 5.74) is 6.91. The van der Waals surface area contributed by atoms with Gasteiger partial charge in [0, 0.05) is 11.3 Å². The highest BCUT2D eigenvalue weighted by Crippen LogP contribution is 2.35. The summed E-state index contributed by atoms with van der Waals surface area (Å²) in [6, 6.07) is 7.29. The first-order chi connectivity index (χ1) is 9.16. The SMILES string of the molecule is NC1CCC(SN2C(=O)c3ccccc3C2=O)CC1. The molecule has 100 valence electrons. The highest BCUT2D eigenvalue weighted by atomic mass is 32.2. The van der Waals surface area contributed by atoms with Crippen LogP contribution in [-0.4, -0.2) is 27.4 Å². The van der Waals surface area contributed by atoms with Gasteiger partial charge in [-0.05, 0) is 49.8 Å². The van der Waals surface area contributed by atoms with Crippen LogP contribution in [0.1, 0.15) is 46.4 Å². The topological polar surface area (TPSA) is 63.4 Å². The van der Waals surface area contributed by atoms with E-state index in [0.29, 0.717) is 16.4 Å². The van der Waals surface area contributed by atoms with Gasteiger partial charge < -0.3 is 5.73 Å². The third kappa shape index (κ3) is 2.28. The number of hydrogen-bond acceptors (Lipinski definition) is 4. The highest BCUT2D eigenvalue weighted by molar-refractivity contribution is 7.98. The Hall–Kier alpha value is -1.33. The zero-order chi connectivity index (χ0) is 13.4. The Morgan fingerprint density at radius 3 is 2.05 bits per heavy atom. The summed E-state index contributed by atoms with van der Waals surface area (Å²) in [7, 11) is 0. The van der Waals surface area contributed by atoms with Gasteiger partial charge in [-0.3, -0.25) is 9.59 Å². The predicted molar refractivity (Wildman–Crippen MR) is 74.8 cm³/mol. The van der Waals surface area contributed by atoms with Gasteiger partial charge in [-0.1, -0.05) is 12.1 Å². The van der Waals surface area contributed by atoms with Crippen LogP contribution in [0.25, 0.3) is 0 Å². The summed E-state index contributed by atoms with van der Waals surface area (Å²) in [5.74, 6) is -0.360. The number of nitrogens with two attached hydrogens (primary N) is 1. The van der Waals surface area contributed by atoms with E-state index in [1.165, 1.54) is 16.3 Å². The lowest BCUT2D eigenvalue weighted by Gasteiger charge is -2.27. The van der Waals surface area contributed by atoms with Gasteiger partial charge in [0.15, 0.2) is 0 Å². The second kappa shape index (κ2) is 4.98. The minimum Gasteiger partial charge on any atom is -0.328 e. The van der Waals surface area contributed by atoms with Crippen LogP contribution in [0.2, 0.25) is 0 Å². The van der Waals surface area contributed by atoms with E-state index in [2.05, 4.69) is 0 Å². The van der Waals surface area contributed by atoms with Gasteiger partial charge in [0.05, 0.1) is 11.1 Å². The number of carbonyl (C=O) groups is 2. The van der Waals surface area contributed by atoms with Gasteiger partial charge in [0.2, 0.25) is 0 Å². The summed E-state index contributed by atoms with van der Waals surface area (Å²) < 4.78 is 1.33. The van der Waals surface area contributed by atoms with E-state index in [1.54, 1.807) is 24.3 Å². The Morgan fingerprint density at radius 2 is 1.53 bits per heavy atom. The monoisotopic (exact) mass is 276 g/mol. The lowest BCUT2D eigenvalue weighted by Crippen LogP contribution is -2.31. The fourth-order valence-electron chi connectivity index (χ4n) is 2.61. The molecule has 1 aliphatic heterocycles. The first-order valence-corrected chi connectivity index (χ1v) is 7.40. The number of hydrogen-bond donors (Lipinski definition) is 1. The maximum Gasteiger partial charge on any atom is 0.271 e. The van der Waals surface area contributed by atoms with Crippen LogP contribution in [0.4, 0.5) is 0 Å². The second-order valence-corrected chi connectivity index (χ2v) is 6.34. The smallest absolute Gasteiger partial charge is 0.271 e. The quantitative estimate of drug-likeness (QED) is 0.664. The number of nitrogens with zero attached hydrogens (tertiary/aromatic N) is 1. The van der Waals surface area contributed by atoms with Crippen LogP contribution in [0.3, 0.4) is 0 Å². The van der Waals surface area contributed by atoms with Crippen LogP contribution >= 0.6 is 11.9 Å². The van der Waals surface area contributed by atoms with Crippen molar-refractivity contribution < 1.29 is 9.59 Å². The standard InChI is InChI=1S/C14H16N2O2S/c15-9-5-7-10(8-6-9)19-16-13(17)11-3-1-2-4-12(11)14(16)18/h1-4,9-10H,5-8,15H2. The van der Waals surface area contributed by atoms with E-state index in [1.807, 2.05) is 0 Å². The zero-order valence-corrected chi connectivity index (χ0v) is 11.4. The minimum absolute atomic E-state index is 0.180. The Labute approximate surface area is 116 Å². The molecular formula is C14H16N2O2S. The molecule has 4 nitrogen and oxygen atoms in total. The van der Waals surface area contributed by atoms with E-state index in [0.717, 1.165) is 25.7 Å². The van der Waals surface area contributed by atoms with E-state index >= 15 is 0 Å². The largest absolute Gasteiger partial charge is 0.328 e. The fraction of sp³-hybridized carbons (Fsp3) is 0.429. The van der Waals surface area contributed by atoms with Gasteiger partial charge >= 0.3 is 0 Å². The molecule has 1 saturated carbocycles. The molecule has 1 aliphatic carbocycles. The Morgan fingerprint density at radius 1 is 1.00 bits per heavy atom. The van der Waals surface area contributed by atoms with Gasteiger partial charge in [-0.2, -0.15) is 0 Å². The molecule has 2 N–H and O–H groups in total. The lowest BCUT2D eigenvalue weighted by atomic mass is 9.96. The molecule has 2 aliphatic rings. The Balaban J connectivity index is 1.74. The summed E-state index contributed by atoms with van der Waals surface area (Å²) in [4.78, 5) is 24.4. The van der Waals surface area contributed by atoms with E-state index in [9.17, 15) is 9.59 Å². The maximum absolute atomic E-state index is 12.2. The molecule has 1 aromatic carbocycles. The van der Waals surface area contributed by atoms with Crippen LogP contribution in [0.5, 0.6) is 0 Å². The van der Waals surface area contributed by atoms with Crippen LogP contribution < -0.4 is 5.73 Å². The molecule has 19 heavy (non-hydrogen) atoms. The summed E-state index contributed by atoms with van der Waals surface area (Å²) in [6.07, 6.45) is 3.89. The van der Waals surface area contributed by atoms with Crippen molar-refractivity contribution in [3.63, 3.8) is 0 Å². The van der Waals surface area contributed by atoms with Crippen LogP contribution in [0, 0.1) is 0 Å². The van der Waals surface area contributed by atoms with Gasteiger partial charge in [-0.15, -0.1) is 0 Å². The van der Waals surface area contributed by atoms with Crippen molar-refractivity contribution in [2.24, 2.45) is 5.73 Å². The number of rotatable bonds is 2. The van der Waals surface area contributed by atoms with E-state index in [-0.39, 0.29) is 17.9 Å². The molecule has 0 saturated heterocycles. The van der Waals surface area contributed by atoms with Crippen molar-refractivity contribution in [3.05, 3.63) is 35.4 Å². The average molecular weight is 276 g/mol. The van der Waals surface area contributed by atoms with Crippen LogP contribution in [-0.2, 0) is 0 Å². The predicted octanol–water partition coefficient (Wildman–Crippen LogP) is 2.20. The number of benzene rings is 1.